The minimum absolute atomic E-state index is 0.695. The van der Waals surface area contributed by atoms with E-state index in [-0.39, 0.29) is 0 Å². The molecule has 2 aliphatic rings. The minimum Gasteiger partial charge on any atom is -0.339 e. The Hall–Kier alpha value is -0.770. The Morgan fingerprint density at radius 1 is 1.35 bits per heavy atom. The van der Waals surface area contributed by atoms with Crippen molar-refractivity contribution in [1.82, 2.24) is 10.3 Å². The number of fused-ring (bicyclic) bond motifs is 1. The summed E-state index contributed by atoms with van der Waals surface area (Å²) in [6, 6.07) is 0.695. The first kappa shape index (κ1) is 12.7. The molecule has 3 N–H and O–H groups in total. The molecule has 17 heavy (non-hydrogen) atoms. The number of rotatable bonds is 3. The normalized spacial score (nSPS) is 29.3. The summed E-state index contributed by atoms with van der Waals surface area (Å²) in [4.78, 5) is 7.05. The molecule has 0 bridgehead atoms. The SMILES string of the molecule is CCCCN=C(NN)N1CCCC2CCCC21. The van der Waals surface area contributed by atoms with Crippen molar-refractivity contribution < 1.29 is 0 Å². The van der Waals surface area contributed by atoms with Crippen molar-refractivity contribution >= 4 is 5.96 Å². The van der Waals surface area contributed by atoms with Crippen molar-refractivity contribution in [1.29, 1.82) is 0 Å². The maximum Gasteiger partial charge on any atom is 0.208 e. The zero-order valence-corrected chi connectivity index (χ0v) is 11.0. The summed E-state index contributed by atoms with van der Waals surface area (Å²) in [6.45, 7) is 4.21. The number of nitrogens with two attached hydrogens (primary N) is 1. The Morgan fingerprint density at radius 3 is 2.94 bits per heavy atom. The molecule has 1 aliphatic heterocycles. The van der Waals surface area contributed by atoms with Gasteiger partial charge in [-0.05, 0) is 38.0 Å². The smallest absolute Gasteiger partial charge is 0.208 e. The molecule has 2 rings (SSSR count). The van der Waals surface area contributed by atoms with E-state index in [1.54, 1.807) is 0 Å². The van der Waals surface area contributed by atoms with Gasteiger partial charge < -0.3 is 4.90 Å². The number of hydrogen-bond acceptors (Lipinski definition) is 2. The molecule has 0 aromatic carbocycles. The van der Waals surface area contributed by atoms with Gasteiger partial charge in [0.25, 0.3) is 0 Å². The molecule has 2 unspecified atom stereocenters. The van der Waals surface area contributed by atoms with Crippen LogP contribution in [0.15, 0.2) is 4.99 Å². The van der Waals surface area contributed by atoms with E-state index in [4.69, 9.17) is 5.84 Å². The second-order valence-corrected chi connectivity index (χ2v) is 5.30. The van der Waals surface area contributed by atoms with Crippen LogP contribution in [0.2, 0.25) is 0 Å². The van der Waals surface area contributed by atoms with E-state index in [1.807, 2.05) is 0 Å². The number of nitrogens with one attached hydrogen (secondary N) is 1. The molecule has 0 spiro atoms. The second kappa shape index (κ2) is 6.24. The summed E-state index contributed by atoms with van der Waals surface area (Å²) in [5.41, 5.74) is 2.82. The summed E-state index contributed by atoms with van der Waals surface area (Å²) in [6.07, 6.45) is 9.11. The molecule has 1 saturated carbocycles. The van der Waals surface area contributed by atoms with E-state index in [1.165, 1.54) is 38.5 Å². The van der Waals surface area contributed by atoms with E-state index in [0.29, 0.717) is 6.04 Å². The van der Waals surface area contributed by atoms with Crippen molar-refractivity contribution in [2.75, 3.05) is 13.1 Å². The lowest BCUT2D eigenvalue weighted by molar-refractivity contribution is 0.185. The first-order chi connectivity index (χ1) is 8.36. The van der Waals surface area contributed by atoms with Crippen molar-refractivity contribution in [3.05, 3.63) is 0 Å². The maximum atomic E-state index is 5.65. The number of hydrazine groups is 1. The Bertz CT molecular complexity index is 264. The highest BCUT2D eigenvalue weighted by Crippen LogP contribution is 2.36. The van der Waals surface area contributed by atoms with E-state index in [2.05, 4.69) is 22.2 Å². The van der Waals surface area contributed by atoms with Crippen molar-refractivity contribution in [2.24, 2.45) is 16.8 Å². The summed E-state index contributed by atoms with van der Waals surface area (Å²) in [5, 5.41) is 0. The lowest BCUT2D eigenvalue weighted by Crippen LogP contribution is -2.53. The summed E-state index contributed by atoms with van der Waals surface area (Å²) in [7, 11) is 0. The quantitative estimate of drug-likeness (QED) is 0.259. The van der Waals surface area contributed by atoms with Crippen LogP contribution in [0.25, 0.3) is 0 Å². The van der Waals surface area contributed by atoms with E-state index in [0.717, 1.165) is 31.4 Å². The van der Waals surface area contributed by atoms with Gasteiger partial charge in [-0.15, -0.1) is 0 Å². The number of hydrogen-bond donors (Lipinski definition) is 2. The van der Waals surface area contributed by atoms with Gasteiger partial charge in [0.15, 0.2) is 0 Å². The fourth-order valence-electron chi connectivity index (χ4n) is 3.28. The summed E-state index contributed by atoms with van der Waals surface area (Å²) >= 11 is 0. The number of aliphatic imine (C=N–C) groups is 1. The molecule has 2 atom stereocenters. The third-order valence-electron chi connectivity index (χ3n) is 4.17. The molecule has 1 saturated heterocycles. The predicted molar refractivity (Wildman–Crippen MR) is 71.6 cm³/mol. The third kappa shape index (κ3) is 2.92. The highest BCUT2D eigenvalue weighted by atomic mass is 15.4. The molecule has 1 heterocycles. The Labute approximate surface area is 105 Å². The highest BCUT2D eigenvalue weighted by molar-refractivity contribution is 5.79. The van der Waals surface area contributed by atoms with Crippen LogP contribution < -0.4 is 11.3 Å². The van der Waals surface area contributed by atoms with Crippen LogP contribution in [0.4, 0.5) is 0 Å². The molecule has 0 radical (unpaired) electrons. The van der Waals surface area contributed by atoms with Crippen LogP contribution in [0.1, 0.15) is 51.9 Å². The minimum atomic E-state index is 0.695. The average molecular weight is 238 g/mol. The summed E-state index contributed by atoms with van der Waals surface area (Å²) < 4.78 is 0. The van der Waals surface area contributed by atoms with Gasteiger partial charge in [-0.2, -0.15) is 0 Å². The monoisotopic (exact) mass is 238 g/mol. The number of unbranched alkanes of at least 4 members (excludes halogenated alkanes) is 1. The lowest BCUT2D eigenvalue weighted by atomic mass is 9.92. The molecule has 0 aromatic heterocycles. The number of guanidine groups is 1. The van der Waals surface area contributed by atoms with Gasteiger partial charge in [-0.3, -0.25) is 10.4 Å². The Morgan fingerprint density at radius 2 is 2.18 bits per heavy atom. The van der Waals surface area contributed by atoms with Gasteiger partial charge in [0.1, 0.15) is 0 Å². The van der Waals surface area contributed by atoms with Crippen molar-refractivity contribution in [2.45, 2.75) is 57.9 Å². The standard InChI is InChI=1S/C13H26N4/c1-2-3-9-15-13(16-14)17-10-5-7-11-6-4-8-12(11)17/h11-12H,2-10,14H2,1H3,(H,15,16). The average Bonchev–Trinajstić information content (AvgIpc) is 2.83. The first-order valence-corrected chi connectivity index (χ1v) is 7.14. The van der Waals surface area contributed by atoms with E-state index in [9.17, 15) is 0 Å². The first-order valence-electron chi connectivity index (χ1n) is 7.14. The van der Waals surface area contributed by atoms with Crippen LogP contribution in [0.3, 0.4) is 0 Å². The lowest BCUT2D eigenvalue weighted by Gasteiger charge is -2.39. The van der Waals surface area contributed by atoms with Gasteiger partial charge in [-0.1, -0.05) is 19.8 Å². The fraction of sp³-hybridized carbons (Fsp3) is 0.923. The van der Waals surface area contributed by atoms with E-state index >= 15 is 0 Å². The highest BCUT2D eigenvalue weighted by Gasteiger charge is 2.36. The van der Waals surface area contributed by atoms with Crippen molar-refractivity contribution in [3.63, 3.8) is 0 Å². The van der Waals surface area contributed by atoms with Gasteiger partial charge >= 0.3 is 0 Å². The van der Waals surface area contributed by atoms with Crippen LogP contribution in [-0.2, 0) is 0 Å². The van der Waals surface area contributed by atoms with Crippen LogP contribution in [0.5, 0.6) is 0 Å². The Kier molecular flexibility index (Phi) is 4.66. The number of nitrogens with zero attached hydrogens (tertiary/aromatic N) is 2. The largest absolute Gasteiger partial charge is 0.339 e. The molecule has 98 valence electrons. The van der Waals surface area contributed by atoms with Crippen LogP contribution >= 0.6 is 0 Å². The van der Waals surface area contributed by atoms with Gasteiger partial charge in [-0.25, -0.2) is 5.84 Å². The maximum absolute atomic E-state index is 5.65. The molecule has 2 fully saturated rings. The topological polar surface area (TPSA) is 53.6 Å². The molecule has 4 heteroatoms. The zero-order valence-electron chi connectivity index (χ0n) is 11.0. The third-order valence-corrected chi connectivity index (χ3v) is 4.17. The predicted octanol–water partition coefficient (Wildman–Crippen LogP) is 1.87. The molecule has 0 amide bonds. The van der Waals surface area contributed by atoms with Crippen molar-refractivity contribution in [3.8, 4) is 0 Å². The Balaban J connectivity index is 1.99. The van der Waals surface area contributed by atoms with E-state index < -0.39 is 0 Å². The second-order valence-electron chi connectivity index (χ2n) is 5.30. The zero-order chi connectivity index (χ0) is 12.1. The fourth-order valence-corrected chi connectivity index (χ4v) is 3.28. The van der Waals surface area contributed by atoms with Gasteiger partial charge in [0.2, 0.25) is 5.96 Å². The summed E-state index contributed by atoms with van der Waals surface area (Å²) in [5.74, 6) is 7.45. The van der Waals surface area contributed by atoms with Crippen LogP contribution in [0, 0.1) is 5.92 Å². The molecular formula is C13H26N4. The molecular weight excluding hydrogens is 212 g/mol. The molecule has 1 aliphatic carbocycles. The van der Waals surface area contributed by atoms with Crippen LogP contribution in [-0.4, -0.2) is 30.0 Å². The van der Waals surface area contributed by atoms with Gasteiger partial charge in [0.05, 0.1) is 0 Å². The number of likely N-dealkylation sites (tertiary alicyclic amines) is 1. The molecule has 0 aromatic rings. The molecule has 4 nitrogen and oxygen atoms in total. The number of piperidine rings is 1. The van der Waals surface area contributed by atoms with Gasteiger partial charge in [0, 0.05) is 19.1 Å².